The standard InChI is InChI=1S/C20H24N2O2/c1-4-15-5-9-17(10-6-15)19(22(2)3)13-21-20(24)18-11-7-16(14-23)8-12-18/h5-12,14,19H,4,13H2,1-3H3,(H,21,24). The normalized spacial score (nSPS) is 12.0. The third-order valence-electron chi connectivity index (χ3n) is 4.16. The summed E-state index contributed by atoms with van der Waals surface area (Å²) in [5.74, 6) is -0.135. The molecular formula is C20H24N2O2. The van der Waals surface area contributed by atoms with Crippen LogP contribution in [0, 0.1) is 0 Å². The first-order chi connectivity index (χ1) is 11.5. The second kappa shape index (κ2) is 8.41. The van der Waals surface area contributed by atoms with E-state index in [0.29, 0.717) is 17.7 Å². The van der Waals surface area contributed by atoms with E-state index in [2.05, 4.69) is 41.4 Å². The van der Waals surface area contributed by atoms with E-state index in [1.165, 1.54) is 11.1 Å². The maximum absolute atomic E-state index is 12.3. The quantitative estimate of drug-likeness (QED) is 0.796. The molecule has 0 spiro atoms. The lowest BCUT2D eigenvalue weighted by Gasteiger charge is -2.25. The van der Waals surface area contributed by atoms with Gasteiger partial charge < -0.3 is 10.2 Å². The van der Waals surface area contributed by atoms with Crippen molar-refractivity contribution in [3.8, 4) is 0 Å². The SMILES string of the molecule is CCc1ccc(C(CNC(=O)c2ccc(C=O)cc2)N(C)C)cc1. The number of nitrogens with one attached hydrogen (secondary N) is 1. The minimum Gasteiger partial charge on any atom is -0.350 e. The van der Waals surface area contributed by atoms with Crippen LogP contribution in [0.2, 0.25) is 0 Å². The Hall–Kier alpha value is -2.46. The van der Waals surface area contributed by atoms with E-state index in [0.717, 1.165) is 12.7 Å². The zero-order valence-corrected chi connectivity index (χ0v) is 14.5. The molecule has 0 radical (unpaired) electrons. The van der Waals surface area contributed by atoms with Gasteiger partial charge in [0.1, 0.15) is 6.29 Å². The number of rotatable bonds is 7. The number of benzene rings is 2. The Morgan fingerprint density at radius 1 is 1.08 bits per heavy atom. The van der Waals surface area contributed by atoms with Crippen molar-refractivity contribution in [2.24, 2.45) is 0 Å². The maximum Gasteiger partial charge on any atom is 0.251 e. The minimum atomic E-state index is -0.135. The zero-order chi connectivity index (χ0) is 17.5. The van der Waals surface area contributed by atoms with Gasteiger partial charge in [0, 0.05) is 17.7 Å². The van der Waals surface area contributed by atoms with E-state index in [-0.39, 0.29) is 11.9 Å². The molecular weight excluding hydrogens is 300 g/mol. The Bertz CT molecular complexity index is 676. The zero-order valence-electron chi connectivity index (χ0n) is 14.5. The van der Waals surface area contributed by atoms with Crippen molar-refractivity contribution >= 4 is 12.2 Å². The lowest BCUT2D eigenvalue weighted by atomic mass is 10.0. The predicted molar refractivity (Wildman–Crippen MR) is 96.4 cm³/mol. The maximum atomic E-state index is 12.3. The Balaban J connectivity index is 2.04. The molecule has 0 fully saturated rings. The van der Waals surface area contributed by atoms with Crippen LogP contribution in [0.4, 0.5) is 0 Å². The number of hydrogen-bond acceptors (Lipinski definition) is 3. The Morgan fingerprint density at radius 2 is 1.71 bits per heavy atom. The molecule has 4 nitrogen and oxygen atoms in total. The molecule has 1 unspecified atom stereocenters. The second-order valence-electron chi connectivity index (χ2n) is 6.02. The third kappa shape index (κ3) is 4.52. The van der Waals surface area contributed by atoms with Crippen LogP contribution in [0.5, 0.6) is 0 Å². The Labute approximate surface area is 143 Å². The topological polar surface area (TPSA) is 49.4 Å². The fraction of sp³-hybridized carbons (Fsp3) is 0.300. The van der Waals surface area contributed by atoms with Gasteiger partial charge in [-0.25, -0.2) is 0 Å². The van der Waals surface area contributed by atoms with Crippen LogP contribution in [-0.2, 0) is 6.42 Å². The van der Waals surface area contributed by atoms with E-state index >= 15 is 0 Å². The minimum absolute atomic E-state index is 0.106. The van der Waals surface area contributed by atoms with Gasteiger partial charge in [0.05, 0.1) is 6.04 Å². The van der Waals surface area contributed by atoms with E-state index in [1.807, 2.05) is 14.1 Å². The van der Waals surface area contributed by atoms with Gasteiger partial charge in [-0.1, -0.05) is 43.3 Å². The predicted octanol–water partition coefficient (Wildman–Crippen LogP) is 3.09. The summed E-state index contributed by atoms with van der Waals surface area (Å²) < 4.78 is 0. The van der Waals surface area contributed by atoms with Crippen LogP contribution < -0.4 is 5.32 Å². The number of aldehydes is 1. The second-order valence-corrected chi connectivity index (χ2v) is 6.02. The monoisotopic (exact) mass is 324 g/mol. The molecule has 2 aromatic rings. The summed E-state index contributed by atoms with van der Waals surface area (Å²) in [5, 5.41) is 2.98. The molecule has 0 saturated carbocycles. The molecule has 1 atom stereocenters. The molecule has 0 saturated heterocycles. The van der Waals surface area contributed by atoms with Crippen LogP contribution in [0.15, 0.2) is 48.5 Å². The van der Waals surface area contributed by atoms with E-state index in [9.17, 15) is 9.59 Å². The van der Waals surface area contributed by atoms with Crippen LogP contribution in [0.3, 0.4) is 0 Å². The van der Waals surface area contributed by atoms with E-state index in [1.54, 1.807) is 24.3 Å². The molecule has 126 valence electrons. The van der Waals surface area contributed by atoms with Gasteiger partial charge in [-0.15, -0.1) is 0 Å². The molecule has 0 aromatic heterocycles. The number of amides is 1. The van der Waals surface area contributed by atoms with Gasteiger partial charge in [-0.05, 0) is 43.8 Å². The summed E-state index contributed by atoms with van der Waals surface area (Å²) in [5.41, 5.74) is 3.59. The fourth-order valence-corrected chi connectivity index (χ4v) is 2.58. The lowest BCUT2D eigenvalue weighted by molar-refractivity contribution is 0.0941. The van der Waals surface area contributed by atoms with E-state index in [4.69, 9.17) is 0 Å². The van der Waals surface area contributed by atoms with Crippen molar-refractivity contribution in [3.63, 3.8) is 0 Å². The van der Waals surface area contributed by atoms with Gasteiger partial charge in [0.25, 0.3) is 5.91 Å². The van der Waals surface area contributed by atoms with Crippen molar-refractivity contribution in [2.75, 3.05) is 20.6 Å². The van der Waals surface area contributed by atoms with Crippen molar-refractivity contribution in [2.45, 2.75) is 19.4 Å². The van der Waals surface area contributed by atoms with Crippen molar-refractivity contribution in [1.82, 2.24) is 10.2 Å². The van der Waals surface area contributed by atoms with Gasteiger partial charge in [0.2, 0.25) is 0 Å². The molecule has 2 rings (SSSR count). The summed E-state index contributed by atoms with van der Waals surface area (Å²) >= 11 is 0. The average Bonchev–Trinajstić information content (AvgIpc) is 2.62. The fourth-order valence-electron chi connectivity index (χ4n) is 2.58. The van der Waals surface area contributed by atoms with Crippen LogP contribution in [0.25, 0.3) is 0 Å². The molecule has 0 aliphatic heterocycles. The first-order valence-corrected chi connectivity index (χ1v) is 8.13. The highest BCUT2D eigenvalue weighted by Crippen LogP contribution is 2.18. The highest BCUT2D eigenvalue weighted by molar-refractivity contribution is 5.94. The number of aryl methyl sites for hydroxylation is 1. The first-order valence-electron chi connectivity index (χ1n) is 8.13. The number of nitrogens with zero attached hydrogens (tertiary/aromatic N) is 1. The molecule has 0 aliphatic rings. The highest BCUT2D eigenvalue weighted by atomic mass is 16.1. The lowest BCUT2D eigenvalue weighted by Crippen LogP contribution is -2.34. The third-order valence-corrected chi connectivity index (χ3v) is 4.16. The summed E-state index contributed by atoms with van der Waals surface area (Å²) in [7, 11) is 4.01. The van der Waals surface area contributed by atoms with Gasteiger partial charge in [0.15, 0.2) is 0 Å². The number of likely N-dealkylation sites (N-methyl/N-ethyl adjacent to an activating group) is 1. The van der Waals surface area contributed by atoms with Gasteiger partial charge in [-0.2, -0.15) is 0 Å². The van der Waals surface area contributed by atoms with Crippen molar-refractivity contribution < 1.29 is 9.59 Å². The first kappa shape index (κ1) is 17.9. The van der Waals surface area contributed by atoms with E-state index < -0.39 is 0 Å². The molecule has 2 aromatic carbocycles. The molecule has 0 bridgehead atoms. The number of carbonyl (C=O) groups excluding carboxylic acids is 2. The molecule has 24 heavy (non-hydrogen) atoms. The molecule has 1 amide bonds. The Kier molecular flexibility index (Phi) is 6.27. The summed E-state index contributed by atoms with van der Waals surface area (Å²) in [6.45, 7) is 2.65. The molecule has 0 aliphatic carbocycles. The Morgan fingerprint density at radius 3 is 2.21 bits per heavy atom. The van der Waals surface area contributed by atoms with Crippen LogP contribution >= 0.6 is 0 Å². The average molecular weight is 324 g/mol. The van der Waals surface area contributed by atoms with Gasteiger partial charge >= 0.3 is 0 Å². The summed E-state index contributed by atoms with van der Waals surface area (Å²) in [6, 6.07) is 15.2. The van der Waals surface area contributed by atoms with Crippen molar-refractivity contribution in [1.29, 1.82) is 0 Å². The summed E-state index contributed by atoms with van der Waals surface area (Å²) in [4.78, 5) is 25.1. The van der Waals surface area contributed by atoms with Crippen molar-refractivity contribution in [3.05, 3.63) is 70.8 Å². The number of hydrogen-bond donors (Lipinski definition) is 1. The largest absolute Gasteiger partial charge is 0.350 e. The molecule has 4 heteroatoms. The van der Waals surface area contributed by atoms with Crippen LogP contribution in [-0.4, -0.2) is 37.7 Å². The smallest absolute Gasteiger partial charge is 0.251 e. The highest BCUT2D eigenvalue weighted by Gasteiger charge is 2.16. The molecule has 0 heterocycles. The number of carbonyl (C=O) groups is 2. The van der Waals surface area contributed by atoms with Gasteiger partial charge in [-0.3, -0.25) is 9.59 Å². The van der Waals surface area contributed by atoms with Crippen LogP contribution in [0.1, 0.15) is 44.8 Å². The molecule has 1 N–H and O–H groups in total. The summed E-state index contributed by atoms with van der Waals surface area (Å²) in [6.07, 6.45) is 1.78.